The number of hydrogen-bond acceptors (Lipinski definition) is 5. The van der Waals surface area contributed by atoms with Gasteiger partial charge >= 0.3 is 0 Å². The number of nitrogens with zero attached hydrogens (tertiary/aromatic N) is 3. The van der Waals surface area contributed by atoms with Gasteiger partial charge in [-0.3, -0.25) is 29.6 Å². The third-order valence-corrected chi connectivity index (χ3v) is 3.43. The van der Waals surface area contributed by atoms with Gasteiger partial charge in [-0.1, -0.05) is 0 Å². The standard InChI is InChI=1S/C12H11N5O2S/c18-9-4-3-8(11(19)14-9)17-10(15-16-12(17)20)7-2-1-5-13-6-7/h1-2,5-6,8H,3-4H2,(H,16,20)(H,14,18,19). The molecule has 0 radical (unpaired) electrons. The van der Waals surface area contributed by atoms with Gasteiger partial charge in [0.05, 0.1) is 0 Å². The molecule has 0 bridgehead atoms. The van der Waals surface area contributed by atoms with Crippen LogP contribution in [0, 0.1) is 4.77 Å². The van der Waals surface area contributed by atoms with Crippen LogP contribution in [-0.4, -0.2) is 31.6 Å². The van der Waals surface area contributed by atoms with Gasteiger partial charge in [-0.15, -0.1) is 0 Å². The lowest BCUT2D eigenvalue weighted by Crippen LogP contribution is -2.41. The summed E-state index contributed by atoms with van der Waals surface area (Å²) in [6, 6.07) is 3.08. The lowest BCUT2D eigenvalue weighted by Gasteiger charge is -2.22. The highest BCUT2D eigenvalue weighted by atomic mass is 32.1. The molecule has 1 atom stereocenters. The maximum absolute atomic E-state index is 12.0. The molecule has 2 N–H and O–H groups in total. The van der Waals surface area contributed by atoms with Crippen molar-refractivity contribution in [2.75, 3.05) is 0 Å². The average Bonchev–Trinajstić information content (AvgIpc) is 2.82. The van der Waals surface area contributed by atoms with Gasteiger partial charge < -0.3 is 0 Å². The van der Waals surface area contributed by atoms with E-state index in [1.807, 2.05) is 6.07 Å². The molecule has 7 nitrogen and oxygen atoms in total. The van der Waals surface area contributed by atoms with E-state index >= 15 is 0 Å². The molecule has 1 aliphatic heterocycles. The summed E-state index contributed by atoms with van der Waals surface area (Å²) in [7, 11) is 0. The molecule has 2 aromatic heterocycles. The quantitative estimate of drug-likeness (QED) is 0.635. The molecule has 1 saturated heterocycles. The number of piperidine rings is 1. The molecule has 0 spiro atoms. The number of amides is 2. The first kappa shape index (κ1) is 12.7. The average molecular weight is 289 g/mol. The van der Waals surface area contributed by atoms with Gasteiger partial charge in [0, 0.05) is 24.4 Å². The fourth-order valence-electron chi connectivity index (χ4n) is 2.22. The van der Waals surface area contributed by atoms with Crippen molar-refractivity contribution in [1.29, 1.82) is 0 Å². The van der Waals surface area contributed by atoms with Crippen LogP contribution in [0.4, 0.5) is 0 Å². The van der Waals surface area contributed by atoms with Crippen LogP contribution < -0.4 is 5.32 Å². The summed E-state index contributed by atoms with van der Waals surface area (Å²) >= 11 is 5.20. The minimum atomic E-state index is -0.533. The van der Waals surface area contributed by atoms with Crippen LogP contribution in [-0.2, 0) is 9.59 Å². The molecule has 1 unspecified atom stereocenters. The number of rotatable bonds is 2. The zero-order valence-electron chi connectivity index (χ0n) is 10.4. The monoisotopic (exact) mass is 289 g/mol. The highest BCUT2D eigenvalue weighted by Crippen LogP contribution is 2.25. The van der Waals surface area contributed by atoms with E-state index in [0.29, 0.717) is 17.0 Å². The van der Waals surface area contributed by atoms with Crippen LogP contribution in [0.1, 0.15) is 18.9 Å². The summed E-state index contributed by atoms with van der Waals surface area (Å²) in [5, 5.41) is 9.16. The van der Waals surface area contributed by atoms with Crippen molar-refractivity contribution in [3.63, 3.8) is 0 Å². The van der Waals surface area contributed by atoms with Crippen molar-refractivity contribution in [2.45, 2.75) is 18.9 Å². The maximum atomic E-state index is 12.0. The van der Waals surface area contributed by atoms with Crippen molar-refractivity contribution in [1.82, 2.24) is 25.1 Å². The van der Waals surface area contributed by atoms with Crippen molar-refractivity contribution >= 4 is 24.0 Å². The molecule has 8 heteroatoms. The van der Waals surface area contributed by atoms with Gasteiger partial charge in [0.1, 0.15) is 6.04 Å². The first-order valence-corrected chi connectivity index (χ1v) is 6.48. The van der Waals surface area contributed by atoms with Crippen molar-refractivity contribution < 1.29 is 9.59 Å². The van der Waals surface area contributed by atoms with Crippen LogP contribution in [0.3, 0.4) is 0 Å². The third-order valence-electron chi connectivity index (χ3n) is 3.15. The van der Waals surface area contributed by atoms with Crippen LogP contribution >= 0.6 is 12.2 Å². The lowest BCUT2D eigenvalue weighted by atomic mass is 10.1. The van der Waals surface area contributed by atoms with Gasteiger partial charge in [0.2, 0.25) is 11.8 Å². The molecular formula is C12H11N5O2S. The number of aromatic nitrogens is 4. The van der Waals surface area contributed by atoms with Crippen molar-refractivity contribution in [3.8, 4) is 11.4 Å². The second-order valence-electron chi connectivity index (χ2n) is 4.43. The number of hydrogen-bond donors (Lipinski definition) is 2. The Hall–Kier alpha value is -2.35. The second kappa shape index (κ2) is 4.97. The van der Waals surface area contributed by atoms with Gasteiger partial charge in [-0.05, 0) is 30.8 Å². The fraction of sp³-hybridized carbons (Fsp3) is 0.250. The smallest absolute Gasteiger partial charge is 0.249 e. The molecule has 102 valence electrons. The summed E-state index contributed by atoms with van der Waals surface area (Å²) in [6.45, 7) is 0. The Morgan fingerprint density at radius 3 is 2.95 bits per heavy atom. The van der Waals surface area contributed by atoms with E-state index in [-0.39, 0.29) is 18.2 Å². The highest BCUT2D eigenvalue weighted by Gasteiger charge is 2.30. The number of carbonyl (C=O) groups is 2. The molecule has 1 fully saturated rings. The van der Waals surface area contributed by atoms with Gasteiger partial charge in [0.15, 0.2) is 10.6 Å². The largest absolute Gasteiger partial charge is 0.295 e. The molecule has 2 amide bonds. The Balaban J connectivity index is 2.06. The Morgan fingerprint density at radius 2 is 2.25 bits per heavy atom. The first-order chi connectivity index (χ1) is 9.66. The van der Waals surface area contributed by atoms with E-state index in [2.05, 4.69) is 20.5 Å². The van der Waals surface area contributed by atoms with Gasteiger partial charge in [0.25, 0.3) is 0 Å². The number of aromatic amines is 1. The lowest BCUT2D eigenvalue weighted by molar-refractivity contribution is -0.135. The number of nitrogens with one attached hydrogen (secondary N) is 2. The van der Waals surface area contributed by atoms with Crippen LogP contribution in [0.5, 0.6) is 0 Å². The number of pyridine rings is 1. The summed E-state index contributed by atoms with van der Waals surface area (Å²) < 4.78 is 1.98. The van der Waals surface area contributed by atoms with E-state index < -0.39 is 6.04 Å². The molecule has 0 saturated carbocycles. The fourth-order valence-corrected chi connectivity index (χ4v) is 2.48. The van der Waals surface area contributed by atoms with Crippen molar-refractivity contribution in [2.24, 2.45) is 0 Å². The Labute approximate surface area is 119 Å². The number of H-pyrrole nitrogens is 1. The van der Waals surface area contributed by atoms with Crippen LogP contribution in [0.2, 0.25) is 0 Å². The molecule has 0 aliphatic carbocycles. The SMILES string of the molecule is O=C1CCC(n2c(-c3cccnc3)n[nH]c2=S)C(=O)N1. The summed E-state index contributed by atoms with van der Waals surface area (Å²) in [4.78, 5) is 27.2. The predicted molar refractivity (Wildman–Crippen MR) is 72.1 cm³/mol. The second-order valence-corrected chi connectivity index (χ2v) is 4.82. The van der Waals surface area contributed by atoms with E-state index in [1.165, 1.54) is 0 Å². The topological polar surface area (TPSA) is 92.7 Å². The maximum Gasteiger partial charge on any atom is 0.249 e. The molecule has 1 aliphatic rings. The molecule has 0 aromatic carbocycles. The van der Waals surface area contributed by atoms with E-state index in [4.69, 9.17) is 12.2 Å². The summed E-state index contributed by atoms with van der Waals surface area (Å²) in [6.07, 6.45) is 4.00. The third kappa shape index (κ3) is 2.14. The van der Waals surface area contributed by atoms with Crippen LogP contribution in [0.25, 0.3) is 11.4 Å². The minimum Gasteiger partial charge on any atom is -0.295 e. The molecule has 20 heavy (non-hydrogen) atoms. The van der Waals surface area contributed by atoms with E-state index in [0.717, 1.165) is 5.56 Å². The summed E-state index contributed by atoms with van der Waals surface area (Å²) in [5.74, 6) is -0.0781. The Bertz CT molecular complexity index is 721. The van der Waals surface area contributed by atoms with E-state index in [9.17, 15) is 9.59 Å². The Kier molecular flexibility index (Phi) is 3.15. The number of imide groups is 1. The Morgan fingerprint density at radius 1 is 1.40 bits per heavy atom. The van der Waals surface area contributed by atoms with Gasteiger partial charge in [-0.2, -0.15) is 5.10 Å². The molecule has 3 heterocycles. The summed E-state index contributed by atoms with van der Waals surface area (Å²) in [5.41, 5.74) is 0.754. The minimum absolute atomic E-state index is 0.260. The van der Waals surface area contributed by atoms with Crippen molar-refractivity contribution in [3.05, 3.63) is 29.3 Å². The molecular weight excluding hydrogens is 278 g/mol. The number of carbonyl (C=O) groups excluding carboxylic acids is 2. The first-order valence-electron chi connectivity index (χ1n) is 6.08. The molecule has 3 rings (SSSR count). The van der Waals surface area contributed by atoms with Crippen LogP contribution in [0.15, 0.2) is 24.5 Å². The highest BCUT2D eigenvalue weighted by molar-refractivity contribution is 7.71. The van der Waals surface area contributed by atoms with E-state index in [1.54, 1.807) is 23.0 Å². The van der Waals surface area contributed by atoms with Gasteiger partial charge in [-0.25, -0.2) is 0 Å². The normalized spacial score (nSPS) is 18.9. The zero-order valence-corrected chi connectivity index (χ0v) is 11.2. The predicted octanol–water partition coefficient (Wildman–Crippen LogP) is 0.980. The molecule has 2 aromatic rings. The zero-order chi connectivity index (χ0) is 14.1.